The molecular formula is C16H17BrFNO2. The summed E-state index contributed by atoms with van der Waals surface area (Å²) in [4.78, 5) is 0. The normalized spacial score (nSPS) is 10.4. The van der Waals surface area contributed by atoms with Gasteiger partial charge in [-0.3, -0.25) is 0 Å². The van der Waals surface area contributed by atoms with E-state index in [1.165, 1.54) is 12.1 Å². The molecule has 1 N–H and O–H groups in total. The van der Waals surface area contributed by atoms with Crippen LogP contribution in [0.15, 0.2) is 46.9 Å². The molecule has 21 heavy (non-hydrogen) atoms. The van der Waals surface area contributed by atoms with Gasteiger partial charge in [0.15, 0.2) is 0 Å². The molecule has 2 rings (SSSR count). The van der Waals surface area contributed by atoms with E-state index in [2.05, 4.69) is 21.2 Å². The van der Waals surface area contributed by atoms with Crippen LogP contribution >= 0.6 is 15.9 Å². The lowest BCUT2D eigenvalue weighted by Gasteiger charge is -2.12. The van der Waals surface area contributed by atoms with Crippen LogP contribution in [0.4, 0.5) is 4.39 Å². The van der Waals surface area contributed by atoms with Crippen LogP contribution in [0, 0.1) is 5.82 Å². The Kier molecular flexibility index (Phi) is 6.02. The molecule has 0 saturated carbocycles. The Hall–Kier alpha value is -1.59. The van der Waals surface area contributed by atoms with Crippen LogP contribution in [0.3, 0.4) is 0 Å². The molecule has 0 radical (unpaired) electrons. The third kappa shape index (κ3) is 5.02. The highest BCUT2D eigenvalue weighted by Crippen LogP contribution is 2.20. The molecule has 2 aromatic carbocycles. The zero-order chi connectivity index (χ0) is 15.1. The maximum atomic E-state index is 13.2. The van der Waals surface area contributed by atoms with Gasteiger partial charge in [-0.1, -0.05) is 22.0 Å². The van der Waals surface area contributed by atoms with Gasteiger partial charge >= 0.3 is 0 Å². The van der Waals surface area contributed by atoms with E-state index >= 15 is 0 Å². The Labute approximate surface area is 132 Å². The molecule has 0 bridgehead atoms. The maximum Gasteiger partial charge on any atom is 0.124 e. The van der Waals surface area contributed by atoms with Gasteiger partial charge in [0.2, 0.25) is 0 Å². The lowest BCUT2D eigenvalue weighted by atomic mass is 10.2. The Balaban J connectivity index is 1.86. The van der Waals surface area contributed by atoms with Gasteiger partial charge < -0.3 is 14.8 Å². The van der Waals surface area contributed by atoms with Gasteiger partial charge in [-0.05, 0) is 43.4 Å². The minimum absolute atomic E-state index is 0.266. The van der Waals surface area contributed by atoms with Gasteiger partial charge in [0, 0.05) is 16.6 Å². The zero-order valence-corrected chi connectivity index (χ0v) is 13.3. The summed E-state index contributed by atoms with van der Waals surface area (Å²) >= 11 is 3.39. The first-order valence-corrected chi connectivity index (χ1v) is 7.42. The first-order valence-electron chi connectivity index (χ1n) is 6.63. The van der Waals surface area contributed by atoms with Crippen molar-refractivity contribution in [2.45, 2.75) is 6.54 Å². The van der Waals surface area contributed by atoms with Crippen molar-refractivity contribution in [3.63, 3.8) is 0 Å². The van der Waals surface area contributed by atoms with Gasteiger partial charge in [0.05, 0.1) is 0 Å². The molecule has 5 heteroatoms. The second-order valence-corrected chi connectivity index (χ2v) is 5.35. The summed E-state index contributed by atoms with van der Waals surface area (Å²) in [5.74, 6) is 1.18. The minimum Gasteiger partial charge on any atom is -0.490 e. The predicted molar refractivity (Wildman–Crippen MR) is 84.3 cm³/mol. The summed E-state index contributed by atoms with van der Waals surface area (Å²) in [6.45, 7) is 1.38. The fourth-order valence-electron chi connectivity index (χ4n) is 1.89. The average Bonchev–Trinajstić information content (AvgIpc) is 2.46. The molecule has 2 aromatic rings. The highest BCUT2D eigenvalue weighted by atomic mass is 79.9. The summed E-state index contributed by atoms with van der Waals surface area (Å²) < 4.78 is 25.4. The topological polar surface area (TPSA) is 30.5 Å². The average molecular weight is 354 g/mol. The standard InChI is InChI=1S/C16H17BrFNO2/c1-19-11-12-9-14(18)5-6-16(12)21-8-7-20-15-4-2-3-13(17)10-15/h2-6,9-10,19H,7-8,11H2,1H3. The van der Waals surface area contributed by atoms with Gasteiger partial charge in [0.25, 0.3) is 0 Å². The van der Waals surface area contributed by atoms with Crippen LogP contribution in [0.5, 0.6) is 11.5 Å². The molecule has 3 nitrogen and oxygen atoms in total. The van der Waals surface area contributed by atoms with Crippen molar-refractivity contribution in [3.05, 3.63) is 58.3 Å². The molecule has 0 saturated heterocycles. The van der Waals surface area contributed by atoms with E-state index in [1.54, 1.807) is 6.07 Å². The molecule has 0 atom stereocenters. The van der Waals surface area contributed by atoms with Crippen LogP contribution in [0.2, 0.25) is 0 Å². The Bertz CT molecular complexity index is 592. The van der Waals surface area contributed by atoms with Crippen molar-refractivity contribution < 1.29 is 13.9 Å². The lowest BCUT2D eigenvalue weighted by Crippen LogP contribution is -2.12. The van der Waals surface area contributed by atoms with E-state index in [0.29, 0.717) is 25.5 Å². The number of rotatable bonds is 7. The van der Waals surface area contributed by atoms with Crippen LogP contribution in [0.25, 0.3) is 0 Å². The maximum absolute atomic E-state index is 13.2. The number of halogens is 2. The van der Waals surface area contributed by atoms with Crippen molar-refractivity contribution >= 4 is 15.9 Å². The van der Waals surface area contributed by atoms with E-state index in [0.717, 1.165) is 15.8 Å². The molecule has 0 amide bonds. The monoisotopic (exact) mass is 353 g/mol. The van der Waals surface area contributed by atoms with Crippen molar-refractivity contribution in [1.82, 2.24) is 5.32 Å². The Morgan fingerprint density at radius 2 is 1.90 bits per heavy atom. The number of hydrogen-bond donors (Lipinski definition) is 1. The quantitative estimate of drug-likeness (QED) is 0.768. The molecule has 0 aliphatic heterocycles. The van der Waals surface area contributed by atoms with Gasteiger partial charge in [-0.25, -0.2) is 4.39 Å². The number of ether oxygens (including phenoxy) is 2. The molecule has 0 aliphatic carbocycles. The van der Waals surface area contributed by atoms with Crippen molar-refractivity contribution in [1.29, 1.82) is 0 Å². The van der Waals surface area contributed by atoms with E-state index in [1.807, 2.05) is 31.3 Å². The van der Waals surface area contributed by atoms with Crippen molar-refractivity contribution in [2.75, 3.05) is 20.3 Å². The minimum atomic E-state index is -0.266. The first kappa shape index (κ1) is 15.8. The van der Waals surface area contributed by atoms with E-state index < -0.39 is 0 Å². The van der Waals surface area contributed by atoms with Crippen LogP contribution in [-0.4, -0.2) is 20.3 Å². The molecule has 0 aliphatic rings. The molecule has 112 valence electrons. The van der Waals surface area contributed by atoms with Crippen LogP contribution in [-0.2, 0) is 6.54 Å². The fourth-order valence-corrected chi connectivity index (χ4v) is 2.26. The molecule has 0 unspecified atom stereocenters. The second-order valence-electron chi connectivity index (χ2n) is 4.44. The summed E-state index contributed by atoms with van der Waals surface area (Å²) in [7, 11) is 1.81. The second kappa shape index (κ2) is 8.00. The van der Waals surface area contributed by atoms with Gasteiger partial charge in [-0.15, -0.1) is 0 Å². The number of hydrogen-bond acceptors (Lipinski definition) is 3. The molecule has 0 fully saturated rings. The molecular weight excluding hydrogens is 337 g/mol. The van der Waals surface area contributed by atoms with Gasteiger partial charge in [-0.2, -0.15) is 0 Å². The summed E-state index contributed by atoms with van der Waals surface area (Å²) in [5.41, 5.74) is 0.792. The summed E-state index contributed by atoms with van der Waals surface area (Å²) in [6.07, 6.45) is 0. The van der Waals surface area contributed by atoms with E-state index in [-0.39, 0.29) is 5.82 Å². The zero-order valence-electron chi connectivity index (χ0n) is 11.7. The first-order chi connectivity index (χ1) is 10.2. The molecule has 0 aromatic heterocycles. The lowest BCUT2D eigenvalue weighted by molar-refractivity contribution is 0.215. The van der Waals surface area contributed by atoms with Crippen molar-refractivity contribution in [3.8, 4) is 11.5 Å². The highest BCUT2D eigenvalue weighted by Gasteiger charge is 2.05. The fraction of sp³-hybridized carbons (Fsp3) is 0.250. The van der Waals surface area contributed by atoms with E-state index in [4.69, 9.17) is 9.47 Å². The third-order valence-electron chi connectivity index (χ3n) is 2.80. The number of nitrogens with one attached hydrogen (secondary N) is 1. The summed E-state index contributed by atoms with van der Waals surface area (Å²) in [5, 5.41) is 2.99. The predicted octanol–water partition coefficient (Wildman–Crippen LogP) is 3.77. The SMILES string of the molecule is CNCc1cc(F)ccc1OCCOc1cccc(Br)c1. The van der Waals surface area contributed by atoms with E-state index in [9.17, 15) is 4.39 Å². The smallest absolute Gasteiger partial charge is 0.124 e. The number of benzene rings is 2. The van der Waals surface area contributed by atoms with Crippen LogP contribution in [0.1, 0.15) is 5.56 Å². The van der Waals surface area contributed by atoms with Crippen molar-refractivity contribution in [2.24, 2.45) is 0 Å². The Morgan fingerprint density at radius 3 is 2.67 bits per heavy atom. The third-order valence-corrected chi connectivity index (χ3v) is 3.29. The molecule has 0 heterocycles. The highest BCUT2D eigenvalue weighted by molar-refractivity contribution is 9.10. The summed E-state index contributed by atoms with van der Waals surface area (Å²) in [6, 6.07) is 12.1. The molecule has 0 spiro atoms. The van der Waals surface area contributed by atoms with Crippen LogP contribution < -0.4 is 14.8 Å². The Morgan fingerprint density at radius 1 is 1.10 bits per heavy atom. The largest absolute Gasteiger partial charge is 0.490 e. The van der Waals surface area contributed by atoms with Gasteiger partial charge in [0.1, 0.15) is 30.5 Å².